The Morgan fingerprint density at radius 1 is 0.780 bits per heavy atom. The average Bonchev–Trinajstić information content (AvgIpc) is 3.60. The van der Waals surface area contributed by atoms with Gasteiger partial charge in [0.15, 0.2) is 0 Å². The van der Waals surface area contributed by atoms with Gasteiger partial charge in [-0.3, -0.25) is 0 Å². The van der Waals surface area contributed by atoms with Gasteiger partial charge in [0.25, 0.3) is 0 Å². The van der Waals surface area contributed by atoms with E-state index in [-0.39, 0.29) is 51.0 Å². The minimum Gasteiger partial charge on any atom is -1.00 e. The molecule has 0 fully saturated rings. The van der Waals surface area contributed by atoms with E-state index >= 15 is 0 Å². The summed E-state index contributed by atoms with van der Waals surface area (Å²) in [5, 5.41) is 5.95. The van der Waals surface area contributed by atoms with Crippen LogP contribution in [0.25, 0.3) is 32.8 Å². The molecule has 0 saturated heterocycles. The first-order valence-electron chi connectivity index (χ1n) is 13.8. The Morgan fingerprint density at radius 2 is 1.44 bits per heavy atom. The summed E-state index contributed by atoms with van der Waals surface area (Å²) in [4.78, 5) is 0. The molecule has 1 aromatic heterocycles. The minimum absolute atomic E-state index is 0. The van der Waals surface area contributed by atoms with Crippen LogP contribution in [0, 0.1) is 6.92 Å². The number of aryl methyl sites for hydroxylation is 1. The van der Waals surface area contributed by atoms with E-state index < -0.39 is 16.1 Å². The van der Waals surface area contributed by atoms with Crippen LogP contribution in [-0.2, 0) is 26.2 Å². The molecule has 1 aliphatic carbocycles. The topological polar surface area (TPSA) is 4.93 Å². The number of nitrogens with zero attached hydrogens (tertiary/aromatic N) is 1. The fourth-order valence-electron chi connectivity index (χ4n) is 6.92. The van der Waals surface area contributed by atoms with Crippen molar-refractivity contribution in [2.45, 2.75) is 52.1 Å². The van der Waals surface area contributed by atoms with E-state index in [9.17, 15) is 0 Å². The van der Waals surface area contributed by atoms with Crippen LogP contribution in [0.3, 0.4) is 0 Å². The smallest absolute Gasteiger partial charge is 1.00 e. The third-order valence-electron chi connectivity index (χ3n) is 8.65. The summed E-state index contributed by atoms with van der Waals surface area (Å²) >= 11 is 0. The van der Waals surface area contributed by atoms with Crippen LogP contribution in [0.2, 0.25) is 32.7 Å². The molecule has 4 aromatic carbocycles. The minimum atomic E-state index is -1.21. The number of para-hydroxylation sites is 1. The molecule has 2 bridgehead atoms. The van der Waals surface area contributed by atoms with Crippen molar-refractivity contribution in [3.8, 4) is 16.8 Å². The first-order chi connectivity index (χ1) is 18.1. The first kappa shape index (κ1) is 33.7. The van der Waals surface area contributed by atoms with E-state index in [0.29, 0.717) is 0 Å². The number of benzene rings is 3. The fourth-order valence-corrected chi connectivity index (χ4v) is 12.4. The molecule has 0 saturated carbocycles. The normalized spacial score (nSPS) is 15.9. The Morgan fingerprint density at radius 3 is 2.05 bits per heavy atom. The Hall–Kier alpha value is -1.81. The second-order valence-corrected chi connectivity index (χ2v) is 22.3. The van der Waals surface area contributed by atoms with Crippen LogP contribution in [0.1, 0.15) is 29.3 Å². The van der Waals surface area contributed by atoms with Gasteiger partial charge in [-0.2, -0.15) is 6.07 Å². The van der Waals surface area contributed by atoms with Crippen molar-refractivity contribution in [1.82, 2.24) is 4.57 Å². The van der Waals surface area contributed by atoms with E-state index in [2.05, 4.69) is 148 Å². The number of hydrogen-bond acceptors (Lipinski definition) is 0. The maximum atomic E-state index is 2.51. The van der Waals surface area contributed by atoms with Crippen LogP contribution < -0.4 is 30.0 Å². The third-order valence-corrected chi connectivity index (χ3v) is 14.8. The standard InChI is InChI=1S/C19H21Si.C16H17NSi.2ClH.Zr/c1-14-12-16-6-5-7-18(19(16)13-14)15-8-10-17(11-9-15)20(2,3)4;1-11-15-13-9-10-17(12-7-5-4-6-8-12)14(13)16(11)18(15,2)3;;;/h5-13H,1-4H3;4-10,16H,1-3H3;2*1H;/q-1;;;;+3/p-2. The Labute approximate surface area is 279 Å². The van der Waals surface area contributed by atoms with Gasteiger partial charge in [-0.25, -0.2) is 0 Å². The number of fused-ring (bicyclic) bond motifs is 1. The zero-order valence-corrected chi connectivity index (χ0v) is 31.0. The van der Waals surface area contributed by atoms with E-state index in [1.54, 1.807) is 16.5 Å². The molecular weight excluding hydrogens is 653 g/mol. The fraction of sp³-hybridized carbons (Fsp3) is 0.229. The van der Waals surface area contributed by atoms with Crippen LogP contribution in [0.4, 0.5) is 0 Å². The molecule has 1 atom stereocenters. The second-order valence-electron chi connectivity index (χ2n) is 12.7. The van der Waals surface area contributed by atoms with Crippen molar-refractivity contribution < 1.29 is 51.0 Å². The molecule has 8 rings (SSSR count). The number of allylic oxidation sites excluding steroid dienone is 1. The molecular formula is C35H38Cl2NSi2Zr. The van der Waals surface area contributed by atoms with Gasteiger partial charge in [-0.15, -0.1) is 34.5 Å². The summed E-state index contributed by atoms with van der Waals surface area (Å²) in [7, 11) is -2.37. The van der Waals surface area contributed by atoms with E-state index in [0.717, 1.165) is 5.54 Å². The quantitative estimate of drug-likeness (QED) is 0.203. The van der Waals surface area contributed by atoms with Crippen LogP contribution >= 0.6 is 0 Å². The molecule has 5 aromatic rings. The zero-order chi connectivity index (χ0) is 26.8. The van der Waals surface area contributed by atoms with Crippen LogP contribution in [-0.4, -0.2) is 20.7 Å². The molecule has 209 valence electrons. The Bertz CT molecular complexity index is 1690. The van der Waals surface area contributed by atoms with Gasteiger partial charge in [0, 0.05) is 23.1 Å². The van der Waals surface area contributed by atoms with Gasteiger partial charge >= 0.3 is 26.2 Å². The molecule has 2 aliphatic heterocycles. The van der Waals surface area contributed by atoms with Crippen molar-refractivity contribution in [3.63, 3.8) is 0 Å². The van der Waals surface area contributed by atoms with Crippen molar-refractivity contribution in [2.24, 2.45) is 0 Å². The summed E-state index contributed by atoms with van der Waals surface area (Å²) in [6.07, 6.45) is 2.24. The first-order valence-corrected chi connectivity index (χ1v) is 20.4. The van der Waals surface area contributed by atoms with E-state index in [1.165, 1.54) is 43.9 Å². The summed E-state index contributed by atoms with van der Waals surface area (Å²) in [5.41, 5.74) is 10.8. The number of halogens is 2. The predicted molar refractivity (Wildman–Crippen MR) is 171 cm³/mol. The molecule has 0 N–H and O–H groups in total. The molecule has 41 heavy (non-hydrogen) atoms. The second kappa shape index (κ2) is 12.4. The Kier molecular flexibility index (Phi) is 10.2. The third kappa shape index (κ3) is 5.76. The van der Waals surface area contributed by atoms with Gasteiger partial charge < -0.3 is 29.4 Å². The zero-order valence-electron chi connectivity index (χ0n) is 25.0. The molecule has 3 heterocycles. The van der Waals surface area contributed by atoms with Gasteiger partial charge in [0.1, 0.15) is 0 Å². The van der Waals surface area contributed by atoms with Crippen molar-refractivity contribution >= 4 is 37.3 Å². The maximum absolute atomic E-state index is 2.51. The van der Waals surface area contributed by atoms with Crippen molar-refractivity contribution in [3.05, 3.63) is 120 Å². The van der Waals surface area contributed by atoms with Crippen LogP contribution in [0.15, 0.2) is 103 Å². The summed E-state index contributed by atoms with van der Waals surface area (Å²) < 4.78 is 2.40. The van der Waals surface area contributed by atoms with E-state index in [4.69, 9.17) is 0 Å². The summed E-state index contributed by atoms with van der Waals surface area (Å²) in [6, 6.07) is 33.4. The SMILES string of the molecule is CC1=C2c3ccn(-c4ccccc4)c3C1[Si]2(C)C.Cc1cc2c(-c3ccc([Si](C)(C)C)cc3)cccc2[cH-]1.[Cl-].[Cl-].[Zr+3]. The molecule has 1 nitrogen and oxygen atoms in total. The van der Waals surface area contributed by atoms with Crippen LogP contribution in [0.5, 0.6) is 0 Å². The average molecular weight is 691 g/mol. The van der Waals surface area contributed by atoms with Gasteiger partial charge in [-0.05, 0) is 36.2 Å². The van der Waals surface area contributed by atoms with Crippen molar-refractivity contribution in [1.29, 1.82) is 0 Å². The largest absolute Gasteiger partial charge is 3.00 e. The Balaban J connectivity index is 0.000000211. The van der Waals surface area contributed by atoms with Gasteiger partial charge in [0.05, 0.1) is 16.1 Å². The monoisotopic (exact) mass is 688 g/mol. The molecule has 0 amide bonds. The number of aromatic nitrogens is 1. The molecule has 0 spiro atoms. The molecule has 3 aliphatic rings. The van der Waals surface area contributed by atoms with Gasteiger partial charge in [-0.1, -0.05) is 110 Å². The number of rotatable bonds is 3. The summed E-state index contributed by atoms with van der Waals surface area (Å²) in [5.74, 6) is 0. The van der Waals surface area contributed by atoms with Gasteiger partial charge in [0.2, 0.25) is 0 Å². The molecule has 1 radical (unpaired) electrons. The summed E-state index contributed by atoms with van der Waals surface area (Å²) in [6.45, 7) is 16.7. The molecule has 1 unspecified atom stereocenters. The maximum Gasteiger partial charge on any atom is 3.00 e. The van der Waals surface area contributed by atoms with Crippen molar-refractivity contribution in [2.75, 3.05) is 0 Å². The molecule has 6 heteroatoms. The predicted octanol–water partition coefficient (Wildman–Crippen LogP) is 3.23. The number of hydrogen-bond donors (Lipinski definition) is 0. The van der Waals surface area contributed by atoms with E-state index in [1.807, 2.05) is 0 Å².